The van der Waals surface area contributed by atoms with Crippen molar-refractivity contribution in [3.05, 3.63) is 21.7 Å². The Morgan fingerprint density at radius 3 is 2.94 bits per heavy atom. The lowest BCUT2D eigenvalue weighted by molar-refractivity contribution is -0.138. The molecule has 0 fully saturated rings. The van der Waals surface area contributed by atoms with Gasteiger partial charge in [-0.3, -0.25) is 0 Å². The smallest absolute Gasteiger partial charge is 0.337 e. The molecule has 8 nitrogen and oxygen atoms in total. The van der Waals surface area contributed by atoms with E-state index in [4.69, 9.17) is 10.3 Å². The van der Waals surface area contributed by atoms with Crippen LogP contribution in [-0.2, 0) is 9.53 Å². The third kappa shape index (κ3) is 3.12. The number of amides is 2. The first-order chi connectivity index (χ1) is 8.10. The Labute approximate surface area is 97.6 Å². The second-order valence-corrected chi connectivity index (χ2v) is 3.32. The Balaban J connectivity index is 3.05. The molecule has 1 atom stereocenters. The van der Waals surface area contributed by atoms with Gasteiger partial charge < -0.3 is 15.4 Å². The molecule has 0 radical (unpaired) electrons. The van der Waals surface area contributed by atoms with Crippen LogP contribution in [0.1, 0.15) is 13.8 Å². The standard InChI is InChI=1S/C9H13N5O3/c1-3-17-8(15)7-5(2)12-9(16)13-6(7)4-11-14-10/h5H,3-4H2,1-2H3,(H2,12,13,16). The molecule has 0 bridgehead atoms. The summed E-state index contributed by atoms with van der Waals surface area (Å²) >= 11 is 0. The fraction of sp³-hybridized carbons (Fsp3) is 0.556. The number of hydrogen-bond donors (Lipinski definition) is 2. The zero-order valence-corrected chi connectivity index (χ0v) is 9.56. The summed E-state index contributed by atoms with van der Waals surface area (Å²) < 4.78 is 4.87. The third-order valence-corrected chi connectivity index (χ3v) is 2.16. The van der Waals surface area contributed by atoms with Crippen LogP contribution in [-0.4, -0.2) is 31.2 Å². The first-order valence-corrected chi connectivity index (χ1v) is 5.08. The fourth-order valence-electron chi connectivity index (χ4n) is 1.51. The van der Waals surface area contributed by atoms with Gasteiger partial charge in [0.2, 0.25) is 0 Å². The van der Waals surface area contributed by atoms with Gasteiger partial charge in [-0.05, 0) is 19.4 Å². The van der Waals surface area contributed by atoms with Gasteiger partial charge in [-0.1, -0.05) is 5.11 Å². The number of ether oxygens (including phenoxy) is 1. The van der Waals surface area contributed by atoms with Crippen molar-refractivity contribution in [2.24, 2.45) is 5.11 Å². The van der Waals surface area contributed by atoms with Crippen molar-refractivity contribution in [2.75, 3.05) is 13.2 Å². The highest BCUT2D eigenvalue weighted by atomic mass is 16.5. The van der Waals surface area contributed by atoms with Gasteiger partial charge in [0.1, 0.15) is 0 Å². The van der Waals surface area contributed by atoms with Crippen LogP contribution < -0.4 is 10.6 Å². The van der Waals surface area contributed by atoms with Gasteiger partial charge in [-0.25, -0.2) is 9.59 Å². The molecule has 0 saturated carbocycles. The van der Waals surface area contributed by atoms with Crippen LogP contribution in [0.25, 0.3) is 10.4 Å². The maximum absolute atomic E-state index is 11.7. The SMILES string of the molecule is CCOC(=O)C1=C(CN=[N+]=[N-])NC(=O)NC1C. The summed E-state index contributed by atoms with van der Waals surface area (Å²) in [5, 5.41) is 8.30. The van der Waals surface area contributed by atoms with Crippen LogP contribution in [0.4, 0.5) is 4.79 Å². The monoisotopic (exact) mass is 239 g/mol. The second kappa shape index (κ2) is 5.76. The highest BCUT2D eigenvalue weighted by molar-refractivity contribution is 5.94. The van der Waals surface area contributed by atoms with Crippen molar-refractivity contribution < 1.29 is 14.3 Å². The molecule has 0 aliphatic carbocycles. The van der Waals surface area contributed by atoms with Gasteiger partial charge in [0.25, 0.3) is 0 Å². The largest absolute Gasteiger partial charge is 0.463 e. The lowest BCUT2D eigenvalue weighted by atomic mass is 10.0. The number of carbonyl (C=O) groups is 2. The molecule has 1 aliphatic rings. The van der Waals surface area contributed by atoms with E-state index in [9.17, 15) is 9.59 Å². The molecule has 92 valence electrons. The van der Waals surface area contributed by atoms with Crippen LogP contribution in [0.5, 0.6) is 0 Å². The average Bonchev–Trinajstić information content (AvgIpc) is 2.25. The van der Waals surface area contributed by atoms with E-state index in [1.165, 1.54) is 0 Å². The minimum Gasteiger partial charge on any atom is -0.463 e. The predicted octanol–water partition coefficient (Wildman–Crippen LogP) is 0.815. The minimum atomic E-state index is -0.532. The summed E-state index contributed by atoms with van der Waals surface area (Å²) in [6.07, 6.45) is 0. The summed E-state index contributed by atoms with van der Waals surface area (Å²) in [5.74, 6) is -0.532. The number of esters is 1. The van der Waals surface area contributed by atoms with Crippen molar-refractivity contribution in [2.45, 2.75) is 19.9 Å². The highest BCUT2D eigenvalue weighted by Crippen LogP contribution is 2.14. The van der Waals surface area contributed by atoms with E-state index in [1.54, 1.807) is 13.8 Å². The van der Waals surface area contributed by atoms with Gasteiger partial charge in [0.05, 0.1) is 24.8 Å². The molecular formula is C9H13N5O3. The van der Waals surface area contributed by atoms with Crippen molar-refractivity contribution in [1.82, 2.24) is 10.6 Å². The first-order valence-electron chi connectivity index (χ1n) is 5.08. The normalized spacial score (nSPS) is 18.9. The Morgan fingerprint density at radius 1 is 1.65 bits per heavy atom. The molecule has 1 aliphatic heterocycles. The lowest BCUT2D eigenvalue weighted by Gasteiger charge is -2.25. The summed E-state index contributed by atoms with van der Waals surface area (Å²) in [6, 6.07) is -0.916. The van der Waals surface area contributed by atoms with E-state index in [0.29, 0.717) is 0 Å². The second-order valence-electron chi connectivity index (χ2n) is 3.32. The van der Waals surface area contributed by atoms with Gasteiger partial charge in [0, 0.05) is 10.6 Å². The number of carbonyl (C=O) groups excluding carboxylic acids is 2. The summed E-state index contributed by atoms with van der Waals surface area (Å²) in [6.45, 7) is 3.48. The molecule has 0 aromatic carbocycles. The molecule has 0 aromatic rings. The van der Waals surface area contributed by atoms with Crippen LogP contribution >= 0.6 is 0 Å². The van der Waals surface area contributed by atoms with Crippen molar-refractivity contribution in [3.63, 3.8) is 0 Å². The number of nitrogens with one attached hydrogen (secondary N) is 2. The minimum absolute atomic E-state index is 0.0948. The van der Waals surface area contributed by atoms with E-state index in [0.717, 1.165) is 0 Å². The maximum Gasteiger partial charge on any atom is 0.337 e. The maximum atomic E-state index is 11.7. The van der Waals surface area contributed by atoms with Crippen molar-refractivity contribution in [3.8, 4) is 0 Å². The number of azide groups is 1. The van der Waals surface area contributed by atoms with Gasteiger partial charge in [0.15, 0.2) is 0 Å². The number of urea groups is 1. The molecule has 0 saturated heterocycles. The van der Waals surface area contributed by atoms with Gasteiger partial charge >= 0.3 is 12.0 Å². The lowest BCUT2D eigenvalue weighted by Crippen LogP contribution is -2.49. The molecule has 1 unspecified atom stereocenters. The van der Waals surface area contributed by atoms with Crippen LogP contribution in [0, 0.1) is 0 Å². The number of nitrogens with zero attached hydrogens (tertiary/aromatic N) is 3. The van der Waals surface area contributed by atoms with Gasteiger partial charge in [-0.2, -0.15) is 0 Å². The fourth-order valence-corrected chi connectivity index (χ4v) is 1.51. The molecule has 17 heavy (non-hydrogen) atoms. The van der Waals surface area contributed by atoms with E-state index in [1.807, 2.05) is 0 Å². The zero-order valence-electron chi connectivity index (χ0n) is 9.56. The summed E-state index contributed by atoms with van der Waals surface area (Å²) in [5.41, 5.74) is 8.80. The third-order valence-electron chi connectivity index (χ3n) is 2.16. The topological polar surface area (TPSA) is 116 Å². The van der Waals surface area contributed by atoms with Crippen LogP contribution in [0.2, 0.25) is 0 Å². The Hall–Kier alpha value is -2.21. The first kappa shape index (κ1) is 12.9. The Morgan fingerprint density at radius 2 is 2.35 bits per heavy atom. The average molecular weight is 239 g/mol. The molecular weight excluding hydrogens is 226 g/mol. The molecule has 0 spiro atoms. The molecule has 2 N–H and O–H groups in total. The van der Waals surface area contributed by atoms with E-state index < -0.39 is 18.0 Å². The van der Waals surface area contributed by atoms with Gasteiger partial charge in [-0.15, -0.1) is 0 Å². The van der Waals surface area contributed by atoms with E-state index in [-0.39, 0.29) is 24.4 Å². The number of hydrogen-bond acceptors (Lipinski definition) is 4. The Bertz CT molecular complexity index is 411. The van der Waals surface area contributed by atoms with E-state index >= 15 is 0 Å². The van der Waals surface area contributed by atoms with Crippen LogP contribution in [0.3, 0.4) is 0 Å². The highest BCUT2D eigenvalue weighted by Gasteiger charge is 2.28. The van der Waals surface area contributed by atoms with E-state index in [2.05, 4.69) is 20.7 Å². The number of rotatable bonds is 4. The predicted molar refractivity (Wildman–Crippen MR) is 58.8 cm³/mol. The molecule has 0 aromatic heterocycles. The molecule has 8 heteroatoms. The summed E-state index contributed by atoms with van der Waals surface area (Å²) in [7, 11) is 0. The molecule has 1 rings (SSSR count). The quantitative estimate of drug-likeness (QED) is 0.327. The van der Waals surface area contributed by atoms with Crippen molar-refractivity contribution >= 4 is 12.0 Å². The Kier molecular flexibility index (Phi) is 4.36. The molecule has 2 amide bonds. The van der Waals surface area contributed by atoms with Crippen molar-refractivity contribution in [1.29, 1.82) is 0 Å². The van der Waals surface area contributed by atoms with Crippen LogP contribution in [0.15, 0.2) is 16.4 Å². The summed E-state index contributed by atoms with van der Waals surface area (Å²) in [4.78, 5) is 25.5. The molecule has 1 heterocycles. The zero-order chi connectivity index (χ0) is 12.8.